The van der Waals surface area contributed by atoms with Crippen molar-refractivity contribution in [1.82, 2.24) is 16.0 Å². The minimum atomic E-state index is -1.25. The minimum Gasteiger partial charge on any atom is -0.481 e. The molecule has 2 atom stereocenters. The molecule has 0 saturated carbocycles. The van der Waals surface area contributed by atoms with E-state index in [1.54, 1.807) is 13.8 Å². The van der Waals surface area contributed by atoms with Gasteiger partial charge in [-0.25, -0.2) is 4.79 Å². The van der Waals surface area contributed by atoms with Crippen molar-refractivity contribution in [2.45, 2.75) is 161 Å². The molecule has 0 aliphatic carbocycles. The van der Waals surface area contributed by atoms with Crippen molar-refractivity contribution in [2.75, 3.05) is 33.0 Å². The fraction of sp³-hybridized carbons (Fsp3) is 0.838. The first-order chi connectivity index (χ1) is 23.8. The maximum absolute atomic E-state index is 12.6. The van der Waals surface area contributed by atoms with Crippen LogP contribution >= 0.6 is 0 Å². The summed E-state index contributed by atoms with van der Waals surface area (Å²) in [5.41, 5.74) is -1.25. The number of Topliss-reactive ketones (excluding diaryl/α,β-unsaturated/α-hetero) is 1. The van der Waals surface area contributed by atoms with Gasteiger partial charge in [-0.05, 0) is 39.5 Å². The van der Waals surface area contributed by atoms with Crippen molar-refractivity contribution >= 4 is 35.4 Å². The zero-order valence-electron chi connectivity index (χ0n) is 31.3. The molecule has 0 saturated heterocycles. The fourth-order valence-corrected chi connectivity index (χ4v) is 5.17. The maximum Gasteiger partial charge on any atom is 0.326 e. The minimum absolute atomic E-state index is 0.0324. The highest BCUT2D eigenvalue weighted by molar-refractivity contribution is 5.91. The van der Waals surface area contributed by atoms with Crippen LogP contribution in [0.3, 0.4) is 0 Å². The molecule has 0 rings (SSSR count). The van der Waals surface area contributed by atoms with Gasteiger partial charge in [0.1, 0.15) is 18.2 Å². The van der Waals surface area contributed by atoms with E-state index in [0.29, 0.717) is 6.42 Å². The number of ketones is 1. The number of aliphatic carboxylic acids is 2. The second kappa shape index (κ2) is 29.6. The molecule has 0 radical (unpaired) electrons. The van der Waals surface area contributed by atoms with Gasteiger partial charge in [-0.15, -0.1) is 0 Å². The molecular weight excluding hydrogens is 646 g/mol. The molecule has 50 heavy (non-hydrogen) atoms. The van der Waals surface area contributed by atoms with Gasteiger partial charge in [0.15, 0.2) is 5.78 Å². The largest absolute Gasteiger partial charge is 0.481 e. The van der Waals surface area contributed by atoms with E-state index in [9.17, 15) is 33.9 Å². The Bertz CT molecular complexity index is 989. The van der Waals surface area contributed by atoms with Crippen LogP contribution in [-0.4, -0.2) is 90.2 Å². The summed E-state index contributed by atoms with van der Waals surface area (Å²) in [7, 11) is 0. The van der Waals surface area contributed by atoms with Crippen LogP contribution in [0.25, 0.3) is 0 Å². The average Bonchev–Trinajstić information content (AvgIpc) is 3.06. The number of ether oxygens (including phenoxy) is 2. The van der Waals surface area contributed by atoms with Crippen LogP contribution in [0, 0.1) is 5.92 Å². The summed E-state index contributed by atoms with van der Waals surface area (Å²) in [5, 5.41) is 26.0. The van der Waals surface area contributed by atoms with Crippen LogP contribution in [0.2, 0.25) is 0 Å². The molecule has 0 aromatic heterocycles. The van der Waals surface area contributed by atoms with Crippen LogP contribution in [0.4, 0.5) is 0 Å². The van der Waals surface area contributed by atoms with Crippen molar-refractivity contribution in [3.8, 4) is 0 Å². The number of unbranched alkanes of at least 4 members (excludes halogenated alkanes) is 13. The lowest BCUT2D eigenvalue weighted by molar-refractivity contribution is -0.142. The third kappa shape index (κ3) is 26.8. The summed E-state index contributed by atoms with van der Waals surface area (Å²) in [4.78, 5) is 71.4. The van der Waals surface area contributed by atoms with Gasteiger partial charge in [0.2, 0.25) is 17.7 Å². The molecule has 290 valence electrons. The first kappa shape index (κ1) is 46.9. The number of hydrogen-bond acceptors (Lipinski definition) is 8. The van der Waals surface area contributed by atoms with Gasteiger partial charge in [-0.3, -0.25) is 24.0 Å². The Labute approximate surface area is 299 Å². The molecule has 0 bridgehead atoms. The van der Waals surface area contributed by atoms with Crippen molar-refractivity contribution < 1.29 is 48.5 Å². The van der Waals surface area contributed by atoms with Crippen LogP contribution in [0.5, 0.6) is 0 Å². The van der Waals surface area contributed by atoms with E-state index < -0.39 is 35.3 Å². The lowest BCUT2D eigenvalue weighted by Crippen LogP contribution is -2.55. The van der Waals surface area contributed by atoms with Gasteiger partial charge >= 0.3 is 11.9 Å². The smallest absolute Gasteiger partial charge is 0.326 e. The molecule has 0 aliphatic heterocycles. The molecule has 0 spiro atoms. The van der Waals surface area contributed by atoms with E-state index in [1.165, 1.54) is 38.5 Å². The highest BCUT2D eigenvalue weighted by Gasteiger charge is 2.30. The molecule has 1 unspecified atom stereocenters. The molecule has 5 N–H and O–H groups in total. The second-order valence-electron chi connectivity index (χ2n) is 13.7. The zero-order valence-corrected chi connectivity index (χ0v) is 31.3. The first-order valence-corrected chi connectivity index (χ1v) is 18.8. The number of carbonyl (C=O) groups excluding carboxylic acids is 4. The number of carboxylic acids is 2. The van der Waals surface area contributed by atoms with E-state index in [1.807, 2.05) is 13.8 Å². The summed E-state index contributed by atoms with van der Waals surface area (Å²) < 4.78 is 10.7. The molecule has 0 aromatic carbocycles. The van der Waals surface area contributed by atoms with Crippen LogP contribution in [0.15, 0.2) is 0 Å². The van der Waals surface area contributed by atoms with E-state index >= 15 is 0 Å². The number of nitrogens with one attached hydrogen (secondary N) is 3. The maximum atomic E-state index is 12.6. The summed E-state index contributed by atoms with van der Waals surface area (Å²) >= 11 is 0. The number of carboxylic acid groups (broad SMARTS) is 2. The Morgan fingerprint density at radius 2 is 1.16 bits per heavy atom. The highest BCUT2D eigenvalue weighted by atomic mass is 16.5. The predicted molar refractivity (Wildman–Crippen MR) is 192 cm³/mol. The Morgan fingerprint density at radius 3 is 1.66 bits per heavy atom. The normalized spacial score (nSPS) is 12.6. The van der Waals surface area contributed by atoms with Gasteiger partial charge in [0.25, 0.3) is 0 Å². The molecular formula is C37H67N3O10. The molecule has 0 heterocycles. The Kier molecular flexibility index (Phi) is 27.8. The SMILES string of the molecule is CCC(C)C(=O)COCCOCCNC(=O)C(C)(C)NC(=O)CC[C@H](NC(=O)CCCCCCCCCCCCCCCCC(=O)O)C(=O)O. The van der Waals surface area contributed by atoms with Crippen molar-refractivity contribution in [3.63, 3.8) is 0 Å². The summed E-state index contributed by atoms with van der Waals surface area (Å²) in [6, 6.07) is -1.20. The van der Waals surface area contributed by atoms with Crippen LogP contribution < -0.4 is 16.0 Å². The van der Waals surface area contributed by atoms with Crippen molar-refractivity contribution in [2.24, 2.45) is 5.92 Å². The van der Waals surface area contributed by atoms with Gasteiger partial charge in [-0.2, -0.15) is 0 Å². The lowest BCUT2D eigenvalue weighted by atomic mass is 10.0. The van der Waals surface area contributed by atoms with Crippen molar-refractivity contribution in [1.29, 1.82) is 0 Å². The van der Waals surface area contributed by atoms with E-state index in [2.05, 4.69) is 16.0 Å². The first-order valence-electron chi connectivity index (χ1n) is 18.8. The number of hydrogen-bond donors (Lipinski definition) is 5. The molecule has 0 aromatic rings. The van der Waals surface area contributed by atoms with E-state index in [-0.39, 0.29) is 76.3 Å². The second-order valence-corrected chi connectivity index (χ2v) is 13.7. The lowest BCUT2D eigenvalue weighted by Gasteiger charge is -2.25. The third-order valence-electron chi connectivity index (χ3n) is 8.67. The Balaban J connectivity index is 4.00. The topological polar surface area (TPSA) is 197 Å². The molecule has 3 amide bonds. The molecule has 13 heteroatoms. The molecule has 0 aliphatic rings. The van der Waals surface area contributed by atoms with Gasteiger partial charge in [0, 0.05) is 31.7 Å². The quantitative estimate of drug-likeness (QED) is 0.0544. The van der Waals surface area contributed by atoms with E-state index in [0.717, 1.165) is 51.4 Å². The van der Waals surface area contributed by atoms with Crippen LogP contribution in [0.1, 0.15) is 150 Å². The average molecular weight is 714 g/mol. The van der Waals surface area contributed by atoms with Gasteiger partial charge < -0.3 is 35.6 Å². The number of amides is 3. The monoisotopic (exact) mass is 713 g/mol. The molecule has 13 nitrogen and oxygen atoms in total. The summed E-state index contributed by atoms with van der Waals surface area (Å²) in [6.45, 7) is 7.90. The van der Waals surface area contributed by atoms with Gasteiger partial charge in [0.05, 0.1) is 19.8 Å². The Morgan fingerprint density at radius 1 is 0.660 bits per heavy atom. The summed E-state index contributed by atoms with van der Waals surface area (Å²) in [6.07, 6.45) is 16.0. The third-order valence-corrected chi connectivity index (χ3v) is 8.67. The fourth-order valence-electron chi connectivity index (χ4n) is 5.17. The number of carbonyl (C=O) groups is 6. The predicted octanol–water partition coefficient (Wildman–Crippen LogP) is 5.32. The van der Waals surface area contributed by atoms with Crippen molar-refractivity contribution in [3.05, 3.63) is 0 Å². The molecule has 0 fully saturated rings. The highest BCUT2D eigenvalue weighted by Crippen LogP contribution is 2.14. The number of rotatable bonds is 34. The van der Waals surface area contributed by atoms with Crippen LogP contribution in [-0.2, 0) is 38.2 Å². The summed E-state index contributed by atoms with van der Waals surface area (Å²) in [5.74, 6) is -3.20. The van der Waals surface area contributed by atoms with E-state index in [4.69, 9.17) is 14.6 Å². The zero-order chi connectivity index (χ0) is 37.6. The van der Waals surface area contributed by atoms with Gasteiger partial charge in [-0.1, -0.05) is 90.9 Å². The Hall–Kier alpha value is -3.06. The standard InChI is InChI=1S/C37H67N3O10/c1-5-29(2)31(41)28-50-27-26-49-25-24-38-36(48)37(3,4)40-33(43)23-22-30(35(46)47)39-32(42)20-18-16-14-12-10-8-6-7-9-11-13-15-17-19-21-34(44)45/h29-30H,5-28H2,1-4H3,(H,38,48)(H,39,42)(H,40,43)(H,44,45)(H,46,47)/t29?,30-/m0/s1.